The molecule has 106 valence electrons. The van der Waals surface area contributed by atoms with Crippen molar-refractivity contribution >= 4 is 31.9 Å². The molecular formula is C14H14Br2N2O2. The van der Waals surface area contributed by atoms with Gasteiger partial charge in [-0.15, -0.1) is 0 Å². The van der Waals surface area contributed by atoms with Crippen LogP contribution in [0.5, 0.6) is 17.2 Å². The minimum Gasteiger partial charge on any atom is -0.496 e. The maximum Gasteiger partial charge on any atom is 0.146 e. The third-order valence-electron chi connectivity index (χ3n) is 2.58. The molecule has 0 saturated heterocycles. The fourth-order valence-electron chi connectivity index (χ4n) is 1.69. The number of ether oxygens (including phenoxy) is 2. The molecule has 0 amide bonds. The summed E-state index contributed by atoms with van der Waals surface area (Å²) in [5.74, 6) is 2.13. The van der Waals surface area contributed by atoms with Crippen molar-refractivity contribution in [3.05, 3.63) is 45.1 Å². The molecule has 0 aliphatic rings. The van der Waals surface area contributed by atoms with Crippen LogP contribution < -0.4 is 14.8 Å². The lowest BCUT2D eigenvalue weighted by molar-refractivity contribution is 0.409. The molecule has 0 bridgehead atoms. The highest BCUT2D eigenvalue weighted by atomic mass is 79.9. The lowest BCUT2D eigenvalue weighted by Gasteiger charge is -2.11. The van der Waals surface area contributed by atoms with E-state index in [-0.39, 0.29) is 0 Å². The third-order valence-corrected chi connectivity index (χ3v) is 3.82. The van der Waals surface area contributed by atoms with E-state index in [1.807, 2.05) is 31.4 Å². The molecule has 4 nitrogen and oxygen atoms in total. The first kappa shape index (κ1) is 15.3. The molecule has 0 aliphatic heterocycles. The third kappa shape index (κ3) is 3.71. The summed E-state index contributed by atoms with van der Waals surface area (Å²) in [6, 6.07) is 5.66. The molecule has 0 aliphatic carbocycles. The summed E-state index contributed by atoms with van der Waals surface area (Å²) < 4.78 is 12.7. The van der Waals surface area contributed by atoms with Crippen molar-refractivity contribution in [2.45, 2.75) is 6.54 Å². The van der Waals surface area contributed by atoms with Gasteiger partial charge in [-0.25, -0.2) is 0 Å². The second-order valence-corrected chi connectivity index (χ2v) is 5.79. The highest BCUT2D eigenvalue weighted by molar-refractivity contribution is 9.11. The first-order valence-electron chi connectivity index (χ1n) is 5.93. The van der Waals surface area contributed by atoms with E-state index in [9.17, 15) is 0 Å². The van der Waals surface area contributed by atoms with Gasteiger partial charge in [-0.2, -0.15) is 0 Å². The number of hydrogen-bond acceptors (Lipinski definition) is 4. The van der Waals surface area contributed by atoms with Crippen LogP contribution in [0.2, 0.25) is 0 Å². The van der Waals surface area contributed by atoms with Crippen molar-refractivity contribution in [2.75, 3.05) is 14.2 Å². The number of aromatic nitrogens is 1. The molecule has 6 heteroatoms. The van der Waals surface area contributed by atoms with Gasteiger partial charge in [0.25, 0.3) is 0 Å². The molecule has 0 spiro atoms. The number of pyridine rings is 1. The first-order chi connectivity index (χ1) is 9.63. The van der Waals surface area contributed by atoms with Crippen LogP contribution in [-0.2, 0) is 6.54 Å². The highest BCUT2D eigenvalue weighted by Crippen LogP contribution is 2.38. The van der Waals surface area contributed by atoms with Gasteiger partial charge in [-0.05, 0) is 62.7 Å². The van der Waals surface area contributed by atoms with Gasteiger partial charge >= 0.3 is 0 Å². The van der Waals surface area contributed by atoms with E-state index in [0.717, 1.165) is 26.8 Å². The van der Waals surface area contributed by atoms with Crippen LogP contribution >= 0.6 is 31.9 Å². The van der Waals surface area contributed by atoms with Crippen LogP contribution in [0.15, 0.2) is 39.5 Å². The average Bonchev–Trinajstić information content (AvgIpc) is 2.43. The van der Waals surface area contributed by atoms with E-state index < -0.39 is 0 Å². The molecule has 1 N–H and O–H groups in total. The van der Waals surface area contributed by atoms with E-state index in [0.29, 0.717) is 11.5 Å². The van der Waals surface area contributed by atoms with Gasteiger partial charge in [-0.1, -0.05) is 0 Å². The Morgan fingerprint density at radius 3 is 2.50 bits per heavy atom. The van der Waals surface area contributed by atoms with E-state index in [1.54, 1.807) is 13.3 Å². The minimum atomic E-state index is 0.690. The second kappa shape index (κ2) is 7.06. The topological polar surface area (TPSA) is 43.4 Å². The Bertz CT molecular complexity index is 606. The fourth-order valence-corrected chi connectivity index (χ4v) is 2.58. The van der Waals surface area contributed by atoms with Crippen LogP contribution in [0.3, 0.4) is 0 Å². The maximum atomic E-state index is 5.85. The van der Waals surface area contributed by atoms with E-state index in [4.69, 9.17) is 9.47 Å². The van der Waals surface area contributed by atoms with Crippen LogP contribution in [-0.4, -0.2) is 19.1 Å². The number of methoxy groups -OCH3 is 1. The number of nitrogens with zero attached hydrogens (tertiary/aromatic N) is 1. The van der Waals surface area contributed by atoms with Crippen LogP contribution in [0.25, 0.3) is 0 Å². The summed E-state index contributed by atoms with van der Waals surface area (Å²) in [5, 5.41) is 3.08. The van der Waals surface area contributed by atoms with Gasteiger partial charge in [0.15, 0.2) is 0 Å². The largest absolute Gasteiger partial charge is 0.496 e. The summed E-state index contributed by atoms with van der Waals surface area (Å²) in [6.07, 6.45) is 3.49. The Kier molecular flexibility index (Phi) is 5.39. The van der Waals surface area contributed by atoms with Crippen molar-refractivity contribution in [2.24, 2.45) is 0 Å². The van der Waals surface area contributed by atoms with Gasteiger partial charge in [0.2, 0.25) is 0 Å². The summed E-state index contributed by atoms with van der Waals surface area (Å²) in [4.78, 5) is 4.17. The lowest BCUT2D eigenvalue weighted by Crippen LogP contribution is -2.05. The highest BCUT2D eigenvalue weighted by Gasteiger charge is 2.09. The predicted octanol–water partition coefficient (Wildman–Crippen LogP) is 4.13. The Balaban J connectivity index is 2.25. The number of benzene rings is 1. The minimum absolute atomic E-state index is 0.690. The predicted molar refractivity (Wildman–Crippen MR) is 85.5 cm³/mol. The molecule has 0 fully saturated rings. The number of rotatable bonds is 5. The molecular weight excluding hydrogens is 388 g/mol. The summed E-state index contributed by atoms with van der Waals surface area (Å²) in [5.41, 5.74) is 1.06. The van der Waals surface area contributed by atoms with Crippen LogP contribution in [0.1, 0.15) is 5.56 Å². The number of nitrogens with one attached hydrogen (secondary N) is 1. The van der Waals surface area contributed by atoms with E-state index in [1.165, 1.54) is 0 Å². The van der Waals surface area contributed by atoms with Crippen LogP contribution in [0, 0.1) is 0 Å². The molecule has 0 saturated carbocycles. The zero-order valence-corrected chi connectivity index (χ0v) is 14.3. The molecule has 20 heavy (non-hydrogen) atoms. The lowest BCUT2D eigenvalue weighted by atomic mass is 10.2. The zero-order chi connectivity index (χ0) is 14.5. The normalized spacial score (nSPS) is 10.4. The standard InChI is InChI=1S/C14H14Br2N2O2/c1-17-6-9-3-10(8-18-7-9)20-14-5-11(15)13(19-2)4-12(14)16/h3-5,7-8,17H,6H2,1-2H3. The monoisotopic (exact) mass is 400 g/mol. The Morgan fingerprint density at radius 1 is 1.10 bits per heavy atom. The first-order valence-corrected chi connectivity index (χ1v) is 7.52. The summed E-state index contributed by atoms with van der Waals surface area (Å²) >= 11 is 6.91. The summed E-state index contributed by atoms with van der Waals surface area (Å²) in [7, 11) is 3.52. The molecule has 0 radical (unpaired) electrons. The van der Waals surface area contributed by atoms with E-state index >= 15 is 0 Å². The van der Waals surface area contributed by atoms with Crippen molar-refractivity contribution in [1.29, 1.82) is 0 Å². The van der Waals surface area contributed by atoms with Gasteiger partial charge < -0.3 is 14.8 Å². The molecule has 1 aromatic carbocycles. The maximum absolute atomic E-state index is 5.85. The van der Waals surface area contributed by atoms with Gasteiger partial charge in [0.05, 0.1) is 22.3 Å². The zero-order valence-electron chi connectivity index (χ0n) is 11.1. The van der Waals surface area contributed by atoms with Crippen molar-refractivity contribution in [3.8, 4) is 17.2 Å². The second-order valence-electron chi connectivity index (χ2n) is 4.08. The van der Waals surface area contributed by atoms with Crippen LogP contribution in [0.4, 0.5) is 0 Å². The molecule has 0 atom stereocenters. The van der Waals surface area contributed by atoms with Gasteiger partial charge in [-0.3, -0.25) is 4.98 Å². The van der Waals surface area contributed by atoms with Gasteiger partial charge in [0.1, 0.15) is 17.2 Å². The summed E-state index contributed by atoms with van der Waals surface area (Å²) in [6.45, 7) is 0.748. The Labute approximate surface area is 134 Å². The number of hydrogen-bond donors (Lipinski definition) is 1. The van der Waals surface area contributed by atoms with Crippen molar-refractivity contribution in [1.82, 2.24) is 10.3 Å². The van der Waals surface area contributed by atoms with Crippen molar-refractivity contribution in [3.63, 3.8) is 0 Å². The SMILES string of the molecule is CNCc1cncc(Oc2cc(Br)c(OC)cc2Br)c1. The van der Waals surface area contributed by atoms with E-state index in [2.05, 4.69) is 42.2 Å². The smallest absolute Gasteiger partial charge is 0.146 e. The molecule has 2 aromatic rings. The molecule has 0 unspecified atom stereocenters. The Hall–Kier alpha value is -1.11. The number of halogens is 2. The average molecular weight is 402 g/mol. The molecule has 2 rings (SSSR count). The van der Waals surface area contributed by atoms with Crippen molar-refractivity contribution < 1.29 is 9.47 Å². The Morgan fingerprint density at radius 2 is 1.80 bits per heavy atom. The quantitative estimate of drug-likeness (QED) is 0.817. The molecule has 1 aromatic heterocycles. The fraction of sp³-hybridized carbons (Fsp3) is 0.214. The van der Waals surface area contributed by atoms with Gasteiger partial charge in [0, 0.05) is 12.7 Å². The molecule has 1 heterocycles.